The van der Waals surface area contributed by atoms with Gasteiger partial charge in [0.1, 0.15) is 0 Å². The minimum atomic E-state index is 0.000385. The van der Waals surface area contributed by atoms with E-state index in [1.807, 2.05) is 26.1 Å². The molecule has 7 nitrogen and oxygen atoms in total. The molecule has 4 unspecified atom stereocenters. The number of thioether (sulfide) groups is 1. The van der Waals surface area contributed by atoms with E-state index in [-0.39, 0.29) is 23.5 Å². The van der Waals surface area contributed by atoms with Crippen LogP contribution in [0.3, 0.4) is 0 Å². The maximum Gasteiger partial charge on any atom is 0.228 e. The summed E-state index contributed by atoms with van der Waals surface area (Å²) in [7, 11) is 0. The van der Waals surface area contributed by atoms with Crippen LogP contribution in [0, 0.1) is 6.92 Å². The molecule has 2 aliphatic heterocycles. The Morgan fingerprint density at radius 2 is 2.22 bits per heavy atom. The summed E-state index contributed by atoms with van der Waals surface area (Å²) < 4.78 is 6.10. The highest BCUT2D eigenvalue weighted by molar-refractivity contribution is 8.15. The lowest BCUT2D eigenvalue weighted by Crippen LogP contribution is -2.25. The average Bonchev–Trinajstić information content (AvgIpc) is 3.11. The SMILES string of the molecule is Cc1ccnc(NC2=NC3c4cn[nH]c4C(C)OC(C)C3S2)n1. The lowest BCUT2D eigenvalue weighted by Gasteiger charge is -2.21. The molecule has 0 aromatic carbocycles. The van der Waals surface area contributed by atoms with Gasteiger partial charge in [-0.2, -0.15) is 5.10 Å². The second-order valence-corrected chi connectivity index (χ2v) is 7.00. The fraction of sp³-hybridized carbons (Fsp3) is 0.467. The van der Waals surface area contributed by atoms with Gasteiger partial charge in [-0.3, -0.25) is 10.1 Å². The molecule has 2 aromatic heterocycles. The number of nitrogens with one attached hydrogen (secondary N) is 2. The lowest BCUT2D eigenvalue weighted by molar-refractivity contribution is 0.00785. The summed E-state index contributed by atoms with van der Waals surface area (Å²) in [6, 6.07) is 1.90. The molecule has 0 saturated carbocycles. The van der Waals surface area contributed by atoms with E-state index < -0.39 is 0 Å². The van der Waals surface area contributed by atoms with Crippen molar-refractivity contribution in [1.29, 1.82) is 0 Å². The molecular weight excluding hydrogens is 312 g/mol. The van der Waals surface area contributed by atoms with E-state index in [1.54, 1.807) is 18.0 Å². The molecule has 2 aromatic rings. The van der Waals surface area contributed by atoms with Crippen molar-refractivity contribution in [2.24, 2.45) is 4.99 Å². The van der Waals surface area contributed by atoms with Gasteiger partial charge in [0.15, 0.2) is 5.17 Å². The lowest BCUT2D eigenvalue weighted by atomic mass is 10.0. The van der Waals surface area contributed by atoms with E-state index in [1.165, 1.54) is 0 Å². The fourth-order valence-electron chi connectivity index (χ4n) is 3.02. The van der Waals surface area contributed by atoms with Crippen molar-refractivity contribution in [2.75, 3.05) is 5.32 Å². The van der Waals surface area contributed by atoms with Gasteiger partial charge in [0.05, 0.1) is 35.4 Å². The van der Waals surface area contributed by atoms with Crippen LogP contribution in [0.5, 0.6) is 0 Å². The van der Waals surface area contributed by atoms with E-state index >= 15 is 0 Å². The first-order valence-corrected chi connectivity index (χ1v) is 8.49. The summed E-state index contributed by atoms with van der Waals surface area (Å²) in [6.07, 6.45) is 3.69. The van der Waals surface area contributed by atoms with E-state index in [4.69, 9.17) is 9.73 Å². The van der Waals surface area contributed by atoms with Crippen LogP contribution < -0.4 is 5.32 Å². The first-order valence-electron chi connectivity index (χ1n) is 7.61. The average molecular weight is 330 g/mol. The van der Waals surface area contributed by atoms with Crippen LogP contribution in [0.4, 0.5) is 5.95 Å². The summed E-state index contributed by atoms with van der Waals surface area (Å²) in [6.45, 7) is 6.08. The van der Waals surface area contributed by atoms with Crippen LogP contribution in [0.1, 0.15) is 42.9 Å². The van der Waals surface area contributed by atoms with Crippen molar-refractivity contribution in [2.45, 2.75) is 44.3 Å². The Kier molecular flexibility index (Phi) is 3.57. The Morgan fingerprint density at radius 3 is 3.04 bits per heavy atom. The zero-order chi connectivity index (χ0) is 16.0. The molecule has 4 heterocycles. The van der Waals surface area contributed by atoms with Gasteiger partial charge in [-0.15, -0.1) is 0 Å². The molecule has 0 radical (unpaired) electrons. The smallest absolute Gasteiger partial charge is 0.228 e. The summed E-state index contributed by atoms with van der Waals surface area (Å²) in [5, 5.41) is 11.5. The summed E-state index contributed by atoms with van der Waals surface area (Å²) in [5.41, 5.74) is 3.05. The third kappa shape index (κ3) is 2.61. The molecular formula is C15H18N6OS. The Hall–Kier alpha value is -1.93. The van der Waals surface area contributed by atoms with Crippen LogP contribution in [0.25, 0.3) is 0 Å². The predicted molar refractivity (Wildman–Crippen MR) is 89.5 cm³/mol. The van der Waals surface area contributed by atoms with Gasteiger partial charge in [-0.05, 0) is 26.8 Å². The van der Waals surface area contributed by atoms with Crippen molar-refractivity contribution in [3.05, 3.63) is 35.4 Å². The first kappa shape index (κ1) is 14.6. The normalized spacial score (nSPS) is 29.4. The molecule has 4 atom stereocenters. The molecule has 0 spiro atoms. The van der Waals surface area contributed by atoms with Gasteiger partial charge in [-0.1, -0.05) is 11.8 Å². The second-order valence-electron chi connectivity index (χ2n) is 5.83. The second kappa shape index (κ2) is 5.61. The molecule has 8 heteroatoms. The van der Waals surface area contributed by atoms with Crippen LogP contribution >= 0.6 is 11.8 Å². The number of fused-ring (bicyclic) bond motifs is 3. The number of H-pyrrole nitrogens is 1. The topological polar surface area (TPSA) is 88.1 Å². The van der Waals surface area contributed by atoms with Crippen molar-refractivity contribution < 1.29 is 4.74 Å². The van der Waals surface area contributed by atoms with E-state index in [2.05, 4.69) is 32.4 Å². The molecule has 0 amide bonds. The number of aromatic amines is 1. The third-order valence-electron chi connectivity index (χ3n) is 4.14. The van der Waals surface area contributed by atoms with Gasteiger partial charge >= 0.3 is 0 Å². The van der Waals surface area contributed by atoms with E-state index in [0.29, 0.717) is 5.95 Å². The number of hydrogen-bond acceptors (Lipinski definition) is 7. The summed E-state index contributed by atoms with van der Waals surface area (Å²) in [4.78, 5) is 13.5. The van der Waals surface area contributed by atoms with Gasteiger partial charge in [-0.25, -0.2) is 9.97 Å². The number of aliphatic imine (C=N–C) groups is 1. The molecule has 120 valence electrons. The first-order chi connectivity index (χ1) is 11.1. The molecule has 0 saturated heterocycles. The molecule has 0 bridgehead atoms. The van der Waals surface area contributed by atoms with Crippen LogP contribution in [0.15, 0.2) is 23.5 Å². The minimum Gasteiger partial charge on any atom is -0.368 e. The van der Waals surface area contributed by atoms with Crippen molar-refractivity contribution in [3.63, 3.8) is 0 Å². The molecule has 4 rings (SSSR count). The fourth-order valence-corrected chi connectivity index (χ4v) is 4.20. The zero-order valence-corrected chi connectivity index (χ0v) is 14.0. The van der Waals surface area contributed by atoms with Crippen LogP contribution in [-0.4, -0.2) is 36.7 Å². The van der Waals surface area contributed by atoms with Crippen LogP contribution in [-0.2, 0) is 4.74 Å². The maximum absolute atomic E-state index is 6.10. The standard InChI is InChI=1S/C15H18N6OS/c1-7-4-5-16-14(18-7)20-15-19-12-10-6-17-21-11(10)8(2)22-9(3)13(12)23-15/h4-6,8-9,12-13H,1-3H3,(H,17,21)(H,16,18,19,20). The number of ether oxygens (including phenoxy) is 1. The maximum atomic E-state index is 6.10. The highest BCUT2D eigenvalue weighted by Gasteiger charge is 2.42. The van der Waals surface area contributed by atoms with Gasteiger partial charge in [0.25, 0.3) is 0 Å². The number of aromatic nitrogens is 4. The van der Waals surface area contributed by atoms with Gasteiger partial charge < -0.3 is 10.1 Å². The number of aryl methyl sites for hydroxylation is 1. The molecule has 0 fully saturated rings. The highest BCUT2D eigenvalue weighted by Crippen LogP contribution is 2.45. The highest BCUT2D eigenvalue weighted by atomic mass is 32.2. The predicted octanol–water partition coefficient (Wildman–Crippen LogP) is 2.61. The van der Waals surface area contributed by atoms with Crippen molar-refractivity contribution in [3.8, 4) is 0 Å². The minimum absolute atomic E-state index is 0.000385. The van der Waals surface area contributed by atoms with Gasteiger partial charge in [0, 0.05) is 17.5 Å². The van der Waals surface area contributed by atoms with Crippen molar-refractivity contribution in [1.82, 2.24) is 20.2 Å². The summed E-state index contributed by atoms with van der Waals surface area (Å²) in [5.74, 6) is 0.571. The van der Waals surface area contributed by atoms with Crippen LogP contribution in [0.2, 0.25) is 0 Å². The number of anilines is 1. The van der Waals surface area contributed by atoms with E-state index in [9.17, 15) is 0 Å². The largest absolute Gasteiger partial charge is 0.368 e. The van der Waals surface area contributed by atoms with E-state index in [0.717, 1.165) is 22.1 Å². The Labute approximate surface area is 138 Å². The molecule has 2 N–H and O–H groups in total. The number of amidine groups is 1. The Morgan fingerprint density at radius 1 is 1.35 bits per heavy atom. The number of hydrogen-bond donors (Lipinski definition) is 2. The molecule has 23 heavy (non-hydrogen) atoms. The Bertz CT molecular complexity index is 760. The monoisotopic (exact) mass is 330 g/mol. The Balaban J connectivity index is 1.64. The molecule has 0 aliphatic carbocycles. The number of nitrogens with zero attached hydrogens (tertiary/aromatic N) is 4. The number of rotatable bonds is 1. The summed E-state index contributed by atoms with van der Waals surface area (Å²) >= 11 is 1.68. The zero-order valence-electron chi connectivity index (χ0n) is 13.1. The van der Waals surface area contributed by atoms with Crippen molar-refractivity contribution >= 4 is 22.9 Å². The quantitative estimate of drug-likeness (QED) is 0.835. The molecule has 2 aliphatic rings. The third-order valence-corrected chi connectivity index (χ3v) is 5.48. The van der Waals surface area contributed by atoms with Gasteiger partial charge in [0.2, 0.25) is 5.95 Å².